The number of nitrogens with two attached hydrogens (primary N) is 1. The number of aromatic amines is 1. The highest BCUT2D eigenvalue weighted by Crippen LogP contribution is 2.28. The van der Waals surface area contributed by atoms with E-state index in [4.69, 9.17) is 5.73 Å². The fourth-order valence-electron chi connectivity index (χ4n) is 2.52. The average Bonchev–Trinajstić information content (AvgIpc) is 3.17. The number of hydrazone groups is 1. The minimum Gasteiger partial charge on any atom is -0.383 e. The summed E-state index contributed by atoms with van der Waals surface area (Å²) < 4.78 is 0. The number of anilines is 1. The summed E-state index contributed by atoms with van der Waals surface area (Å²) in [7, 11) is 0. The molecule has 4 rings (SSSR count). The van der Waals surface area contributed by atoms with E-state index in [1.54, 1.807) is 6.20 Å². The van der Waals surface area contributed by atoms with Gasteiger partial charge in [0.05, 0.1) is 22.6 Å². The molecule has 0 amide bonds. The highest BCUT2D eigenvalue weighted by atomic mass is 15.3. The third-order valence-corrected chi connectivity index (χ3v) is 3.65. The number of nitrogens with zero attached hydrogens (tertiary/aromatic N) is 3. The first kappa shape index (κ1) is 11.9. The number of benzene rings is 1. The van der Waals surface area contributed by atoms with Crippen molar-refractivity contribution in [3.8, 4) is 11.4 Å². The fourth-order valence-corrected chi connectivity index (χ4v) is 2.52. The summed E-state index contributed by atoms with van der Waals surface area (Å²) in [5, 5.41) is 4.04. The second-order valence-electron chi connectivity index (χ2n) is 5.03. The summed E-state index contributed by atoms with van der Waals surface area (Å²) in [6.07, 6.45) is 4.50. The van der Waals surface area contributed by atoms with Crippen molar-refractivity contribution in [3.05, 3.63) is 42.1 Å². The molecule has 0 bridgehead atoms. The molecule has 1 aromatic carbocycles. The van der Waals surface area contributed by atoms with Crippen molar-refractivity contribution in [3.63, 3.8) is 0 Å². The standard InChI is InChI=1S/C15H14N6/c16-14-10(7-9(8-17-14)11-5-6-18-21-11)15-19-12-3-1-2-4-13(12)20-15/h1-4,6-8,11,21H,5H2,(H2,16,17)(H,19,20). The van der Waals surface area contributed by atoms with Crippen LogP contribution < -0.4 is 11.2 Å². The van der Waals surface area contributed by atoms with Gasteiger partial charge < -0.3 is 16.1 Å². The molecule has 0 saturated carbocycles. The first-order valence-corrected chi connectivity index (χ1v) is 6.79. The largest absolute Gasteiger partial charge is 0.383 e. The van der Waals surface area contributed by atoms with E-state index in [1.165, 1.54) is 0 Å². The monoisotopic (exact) mass is 278 g/mol. The summed E-state index contributed by atoms with van der Waals surface area (Å²) in [6.45, 7) is 0. The first-order valence-electron chi connectivity index (χ1n) is 6.79. The molecule has 1 unspecified atom stereocenters. The maximum Gasteiger partial charge on any atom is 0.142 e. The number of rotatable bonds is 2. The third-order valence-electron chi connectivity index (χ3n) is 3.65. The van der Waals surface area contributed by atoms with E-state index in [0.717, 1.165) is 34.4 Å². The first-order chi connectivity index (χ1) is 10.3. The van der Waals surface area contributed by atoms with Crippen LogP contribution in [0.5, 0.6) is 0 Å². The molecule has 104 valence electrons. The topological polar surface area (TPSA) is 92.0 Å². The van der Waals surface area contributed by atoms with Crippen LogP contribution in [0.2, 0.25) is 0 Å². The van der Waals surface area contributed by atoms with Crippen LogP contribution in [0, 0.1) is 0 Å². The summed E-state index contributed by atoms with van der Waals surface area (Å²) in [5.41, 5.74) is 12.8. The number of H-pyrrole nitrogens is 1. The zero-order valence-corrected chi connectivity index (χ0v) is 11.2. The van der Waals surface area contributed by atoms with Crippen LogP contribution in [0.1, 0.15) is 18.0 Å². The number of fused-ring (bicyclic) bond motifs is 1. The quantitative estimate of drug-likeness (QED) is 0.670. The lowest BCUT2D eigenvalue weighted by Crippen LogP contribution is -2.10. The lowest BCUT2D eigenvalue weighted by molar-refractivity contribution is 0.618. The summed E-state index contributed by atoms with van der Waals surface area (Å²) >= 11 is 0. The van der Waals surface area contributed by atoms with Crippen LogP contribution in [0.3, 0.4) is 0 Å². The highest BCUT2D eigenvalue weighted by Gasteiger charge is 2.17. The molecule has 0 aliphatic carbocycles. The molecule has 2 aromatic heterocycles. The Morgan fingerprint density at radius 3 is 2.95 bits per heavy atom. The molecule has 0 spiro atoms. The average molecular weight is 278 g/mol. The van der Waals surface area contributed by atoms with Gasteiger partial charge in [-0.2, -0.15) is 5.10 Å². The van der Waals surface area contributed by atoms with E-state index in [-0.39, 0.29) is 6.04 Å². The number of imidazole rings is 1. The second-order valence-corrected chi connectivity index (χ2v) is 5.03. The molecule has 6 heteroatoms. The number of aromatic nitrogens is 3. The van der Waals surface area contributed by atoms with Crippen LogP contribution >= 0.6 is 0 Å². The van der Waals surface area contributed by atoms with Crippen LogP contribution in [-0.2, 0) is 0 Å². The molecule has 0 saturated heterocycles. The number of nitrogens with one attached hydrogen (secondary N) is 2. The van der Waals surface area contributed by atoms with Crippen LogP contribution in [-0.4, -0.2) is 21.2 Å². The van der Waals surface area contributed by atoms with Crippen LogP contribution in [0.4, 0.5) is 5.82 Å². The minimum absolute atomic E-state index is 0.154. The smallest absolute Gasteiger partial charge is 0.142 e. The van der Waals surface area contributed by atoms with E-state index in [9.17, 15) is 0 Å². The van der Waals surface area contributed by atoms with E-state index in [2.05, 4.69) is 25.5 Å². The summed E-state index contributed by atoms with van der Waals surface area (Å²) in [6, 6.07) is 10.1. The van der Waals surface area contributed by atoms with Crippen molar-refractivity contribution in [2.75, 3.05) is 5.73 Å². The number of pyridine rings is 1. The molecule has 6 nitrogen and oxygen atoms in total. The molecule has 21 heavy (non-hydrogen) atoms. The van der Waals surface area contributed by atoms with Gasteiger partial charge in [0.2, 0.25) is 0 Å². The maximum atomic E-state index is 6.02. The molecule has 1 atom stereocenters. The van der Waals surface area contributed by atoms with Crippen molar-refractivity contribution < 1.29 is 0 Å². The van der Waals surface area contributed by atoms with Gasteiger partial charge in [0.25, 0.3) is 0 Å². The van der Waals surface area contributed by atoms with Gasteiger partial charge in [0, 0.05) is 18.8 Å². The molecule has 1 aliphatic heterocycles. The number of nitrogen functional groups attached to an aromatic ring is 1. The van der Waals surface area contributed by atoms with Gasteiger partial charge in [-0.25, -0.2) is 9.97 Å². The lowest BCUT2D eigenvalue weighted by Gasteiger charge is -2.11. The Labute approximate surface area is 121 Å². The van der Waals surface area contributed by atoms with Gasteiger partial charge in [-0.1, -0.05) is 12.1 Å². The predicted octanol–water partition coefficient (Wildman–Crippen LogP) is 2.23. The minimum atomic E-state index is 0.154. The van der Waals surface area contributed by atoms with E-state index >= 15 is 0 Å². The van der Waals surface area contributed by atoms with E-state index in [1.807, 2.05) is 36.5 Å². The zero-order chi connectivity index (χ0) is 14.2. The van der Waals surface area contributed by atoms with Gasteiger partial charge in [-0.3, -0.25) is 0 Å². The number of hydrogen-bond acceptors (Lipinski definition) is 5. The Morgan fingerprint density at radius 2 is 2.14 bits per heavy atom. The normalized spacial score (nSPS) is 17.2. The van der Waals surface area contributed by atoms with Crippen molar-refractivity contribution in [2.45, 2.75) is 12.5 Å². The number of para-hydroxylation sites is 2. The highest BCUT2D eigenvalue weighted by molar-refractivity contribution is 5.81. The molecule has 1 aliphatic rings. The third kappa shape index (κ3) is 2.01. The van der Waals surface area contributed by atoms with E-state index in [0.29, 0.717) is 5.82 Å². The van der Waals surface area contributed by atoms with Crippen LogP contribution in [0.15, 0.2) is 41.6 Å². The second kappa shape index (κ2) is 4.59. The predicted molar refractivity (Wildman–Crippen MR) is 82.7 cm³/mol. The van der Waals surface area contributed by atoms with Crippen molar-refractivity contribution in [1.29, 1.82) is 0 Å². The number of hydrogen-bond donors (Lipinski definition) is 3. The Hall–Kier alpha value is -2.89. The van der Waals surface area contributed by atoms with Crippen LogP contribution in [0.25, 0.3) is 22.4 Å². The van der Waals surface area contributed by atoms with Crippen molar-refractivity contribution >= 4 is 23.1 Å². The summed E-state index contributed by atoms with van der Waals surface area (Å²) in [4.78, 5) is 12.2. The van der Waals surface area contributed by atoms with Gasteiger partial charge in [0.15, 0.2) is 0 Å². The molecular formula is C15H14N6. The molecule has 0 radical (unpaired) electrons. The molecule has 3 heterocycles. The molecular weight excluding hydrogens is 264 g/mol. The maximum absolute atomic E-state index is 6.02. The Bertz CT molecular complexity index is 794. The van der Waals surface area contributed by atoms with Gasteiger partial charge in [-0.05, 0) is 23.8 Å². The van der Waals surface area contributed by atoms with Gasteiger partial charge in [0.1, 0.15) is 11.6 Å². The molecule has 4 N–H and O–H groups in total. The van der Waals surface area contributed by atoms with Gasteiger partial charge in [-0.15, -0.1) is 0 Å². The summed E-state index contributed by atoms with van der Waals surface area (Å²) in [5.74, 6) is 1.21. The fraction of sp³-hybridized carbons (Fsp3) is 0.133. The SMILES string of the molecule is Nc1ncc(C2CC=NN2)cc1-c1nc2ccccc2[nH]1. The van der Waals surface area contributed by atoms with Crippen molar-refractivity contribution in [2.24, 2.45) is 5.10 Å². The Balaban J connectivity index is 1.81. The Kier molecular flexibility index (Phi) is 2.60. The molecule has 3 aromatic rings. The Morgan fingerprint density at radius 1 is 1.24 bits per heavy atom. The zero-order valence-electron chi connectivity index (χ0n) is 11.2. The molecule has 0 fully saturated rings. The van der Waals surface area contributed by atoms with Gasteiger partial charge >= 0.3 is 0 Å². The van der Waals surface area contributed by atoms with Crippen molar-refractivity contribution in [1.82, 2.24) is 20.4 Å². The van der Waals surface area contributed by atoms with E-state index < -0.39 is 0 Å². The lowest BCUT2D eigenvalue weighted by atomic mass is 10.1.